The number of amides is 3. The molecule has 3 amide bonds. The molecular weight excluding hydrogens is 136 g/mol. The fourth-order valence-electron chi connectivity index (χ4n) is 0.251. The van der Waals surface area contributed by atoms with E-state index in [1.54, 1.807) is 0 Å². The smallest absolute Gasteiger partial charge is 0.326 e. The number of nitrogens with one attached hydrogen (secondary N) is 2. The lowest BCUT2D eigenvalue weighted by Gasteiger charge is -2.08. The van der Waals surface area contributed by atoms with Crippen LogP contribution in [-0.4, -0.2) is 18.0 Å². The third-order valence-corrected chi connectivity index (χ3v) is 0.839. The van der Waals surface area contributed by atoms with Crippen LogP contribution < -0.4 is 22.3 Å². The van der Waals surface area contributed by atoms with Gasteiger partial charge in [-0.15, -0.1) is 0 Å². The summed E-state index contributed by atoms with van der Waals surface area (Å²) in [5.74, 6) is -0.561. The van der Waals surface area contributed by atoms with Crippen LogP contribution in [0.2, 0.25) is 0 Å². The second-order valence-corrected chi connectivity index (χ2v) is 1.76. The first-order valence-corrected chi connectivity index (χ1v) is 2.64. The summed E-state index contributed by atoms with van der Waals surface area (Å²) in [6.07, 6.45) is 0. The minimum atomic E-state index is -0.756. The highest BCUT2D eigenvalue weighted by atomic mass is 16.2. The Morgan fingerprint density at radius 1 is 1.40 bits per heavy atom. The van der Waals surface area contributed by atoms with Gasteiger partial charge in [0.2, 0.25) is 5.91 Å². The maximum absolute atomic E-state index is 10.3. The number of nitrogens with two attached hydrogens (primary N) is 2. The second kappa shape index (κ2) is 3.67. The monoisotopic (exact) mass is 146 g/mol. The van der Waals surface area contributed by atoms with E-state index >= 15 is 0 Å². The Morgan fingerprint density at radius 3 is 2.20 bits per heavy atom. The Bertz CT molecular complexity index is 146. The summed E-state index contributed by atoms with van der Waals surface area (Å²) in [7, 11) is 0. The fourth-order valence-corrected chi connectivity index (χ4v) is 0.251. The van der Waals surface area contributed by atoms with Gasteiger partial charge in [-0.25, -0.2) is 10.2 Å². The van der Waals surface area contributed by atoms with Crippen LogP contribution in [0.3, 0.4) is 0 Å². The van der Waals surface area contributed by atoms with Crippen LogP contribution in [0.25, 0.3) is 0 Å². The quantitative estimate of drug-likeness (QED) is 0.347. The van der Waals surface area contributed by atoms with Crippen molar-refractivity contribution in [2.75, 3.05) is 0 Å². The molecule has 1 atom stereocenters. The topological polar surface area (TPSA) is 110 Å². The molecule has 10 heavy (non-hydrogen) atoms. The molecule has 6 nitrogen and oxygen atoms in total. The van der Waals surface area contributed by atoms with Crippen LogP contribution in [0.5, 0.6) is 0 Å². The van der Waals surface area contributed by atoms with Gasteiger partial charge in [-0.3, -0.25) is 10.2 Å². The lowest BCUT2D eigenvalue weighted by atomic mass is 10.3. The van der Waals surface area contributed by atoms with Crippen molar-refractivity contribution in [3.63, 3.8) is 0 Å². The van der Waals surface area contributed by atoms with Gasteiger partial charge in [-0.1, -0.05) is 0 Å². The SMILES string of the molecule is CC(NNC(N)=O)C(N)=O. The third-order valence-electron chi connectivity index (χ3n) is 0.839. The molecule has 0 aliphatic heterocycles. The summed E-state index contributed by atoms with van der Waals surface area (Å²) >= 11 is 0. The predicted octanol–water partition coefficient (Wildman–Crippen LogP) is -1.97. The van der Waals surface area contributed by atoms with E-state index in [0.29, 0.717) is 0 Å². The Balaban J connectivity index is 3.49. The number of carbonyl (C=O) groups excluding carboxylic acids is 2. The number of hydrogen-bond donors (Lipinski definition) is 4. The Morgan fingerprint density at radius 2 is 1.90 bits per heavy atom. The predicted molar refractivity (Wildman–Crippen MR) is 34.5 cm³/mol. The summed E-state index contributed by atoms with van der Waals surface area (Å²) in [6.45, 7) is 1.50. The van der Waals surface area contributed by atoms with E-state index in [-0.39, 0.29) is 0 Å². The minimum Gasteiger partial charge on any atom is -0.368 e. The maximum atomic E-state index is 10.3. The zero-order valence-electron chi connectivity index (χ0n) is 5.55. The van der Waals surface area contributed by atoms with Crippen molar-refractivity contribution in [3.8, 4) is 0 Å². The number of carbonyl (C=O) groups is 2. The van der Waals surface area contributed by atoms with Crippen molar-refractivity contribution in [3.05, 3.63) is 0 Å². The van der Waals surface area contributed by atoms with Gasteiger partial charge in [0.05, 0.1) is 0 Å². The van der Waals surface area contributed by atoms with Crippen molar-refractivity contribution < 1.29 is 9.59 Å². The van der Waals surface area contributed by atoms with Crippen LogP contribution in [0.1, 0.15) is 6.92 Å². The molecule has 0 aliphatic carbocycles. The normalized spacial score (nSPS) is 12.1. The Labute approximate surface area is 57.9 Å². The molecule has 58 valence electrons. The maximum Gasteiger partial charge on any atom is 0.326 e. The van der Waals surface area contributed by atoms with E-state index in [2.05, 4.69) is 11.2 Å². The number of urea groups is 1. The van der Waals surface area contributed by atoms with E-state index in [1.165, 1.54) is 6.92 Å². The van der Waals surface area contributed by atoms with Crippen LogP contribution in [-0.2, 0) is 4.79 Å². The van der Waals surface area contributed by atoms with Crippen molar-refractivity contribution in [2.24, 2.45) is 11.5 Å². The van der Waals surface area contributed by atoms with E-state index < -0.39 is 18.0 Å². The van der Waals surface area contributed by atoms with Gasteiger partial charge in [0.25, 0.3) is 0 Å². The molecule has 0 aromatic rings. The van der Waals surface area contributed by atoms with Gasteiger partial charge in [0, 0.05) is 0 Å². The van der Waals surface area contributed by atoms with Crippen LogP contribution in [0.15, 0.2) is 0 Å². The second-order valence-electron chi connectivity index (χ2n) is 1.76. The van der Waals surface area contributed by atoms with Crippen molar-refractivity contribution in [1.29, 1.82) is 0 Å². The van der Waals surface area contributed by atoms with Crippen LogP contribution in [0, 0.1) is 0 Å². The van der Waals surface area contributed by atoms with E-state index in [1.807, 2.05) is 5.43 Å². The minimum absolute atomic E-state index is 0.561. The first-order valence-electron chi connectivity index (χ1n) is 2.64. The zero-order valence-corrected chi connectivity index (χ0v) is 5.55. The number of hydrogen-bond acceptors (Lipinski definition) is 3. The molecule has 1 unspecified atom stereocenters. The molecule has 0 spiro atoms. The standard InChI is InChI=1S/C4H10N4O2/c1-2(3(5)9)7-8-4(6)10/h2,7H,1H3,(H2,5,9)(H3,6,8,10). The molecule has 0 radical (unpaired) electrons. The number of hydrazine groups is 1. The zero-order chi connectivity index (χ0) is 8.15. The molecule has 0 aliphatic rings. The molecule has 0 heterocycles. The van der Waals surface area contributed by atoms with Gasteiger partial charge in [-0.2, -0.15) is 0 Å². The Kier molecular flexibility index (Phi) is 3.20. The van der Waals surface area contributed by atoms with Crippen molar-refractivity contribution in [1.82, 2.24) is 10.9 Å². The fraction of sp³-hybridized carbons (Fsp3) is 0.500. The molecule has 0 bridgehead atoms. The van der Waals surface area contributed by atoms with Gasteiger partial charge in [-0.05, 0) is 6.92 Å². The number of rotatable bonds is 3. The third kappa shape index (κ3) is 3.67. The van der Waals surface area contributed by atoms with Gasteiger partial charge >= 0.3 is 6.03 Å². The van der Waals surface area contributed by atoms with E-state index in [0.717, 1.165) is 0 Å². The molecule has 6 heteroatoms. The molecule has 0 saturated heterocycles. The highest BCUT2D eigenvalue weighted by Crippen LogP contribution is 1.72. The lowest BCUT2D eigenvalue weighted by Crippen LogP contribution is -2.50. The first kappa shape index (κ1) is 8.70. The summed E-state index contributed by atoms with van der Waals surface area (Å²) < 4.78 is 0. The number of primary amides is 2. The summed E-state index contributed by atoms with van der Waals surface area (Å²) in [4.78, 5) is 20.3. The summed E-state index contributed by atoms with van der Waals surface area (Å²) in [5, 5.41) is 0. The molecule has 6 N–H and O–H groups in total. The largest absolute Gasteiger partial charge is 0.368 e. The van der Waals surface area contributed by atoms with Gasteiger partial charge in [0.15, 0.2) is 0 Å². The average molecular weight is 146 g/mol. The molecule has 0 rings (SSSR count). The molecular formula is C4H10N4O2. The van der Waals surface area contributed by atoms with Gasteiger partial charge < -0.3 is 11.5 Å². The molecule has 0 aromatic heterocycles. The van der Waals surface area contributed by atoms with Gasteiger partial charge in [0.1, 0.15) is 6.04 Å². The molecule has 0 saturated carbocycles. The van der Waals surface area contributed by atoms with Crippen molar-refractivity contribution in [2.45, 2.75) is 13.0 Å². The summed E-state index contributed by atoms with van der Waals surface area (Å²) in [5.41, 5.74) is 13.8. The highest BCUT2D eigenvalue weighted by Gasteiger charge is 2.06. The van der Waals surface area contributed by atoms with Crippen molar-refractivity contribution >= 4 is 11.9 Å². The lowest BCUT2D eigenvalue weighted by molar-refractivity contribution is -0.119. The van der Waals surface area contributed by atoms with Crippen LogP contribution in [0.4, 0.5) is 4.79 Å². The summed E-state index contributed by atoms with van der Waals surface area (Å²) in [6, 6.07) is -1.37. The molecule has 0 fully saturated rings. The average Bonchev–Trinajstić information content (AvgIpc) is 1.82. The highest BCUT2D eigenvalue weighted by molar-refractivity contribution is 5.80. The van der Waals surface area contributed by atoms with E-state index in [9.17, 15) is 9.59 Å². The first-order chi connectivity index (χ1) is 4.54. The van der Waals surface area contributed by atoms with E-state index in [4.69, 9.17) is 5.73 Å². The molecule has 0 aromatic carbocycles. The van der Waals surface area contributed by atoms with Crippen LogP contribution >= 0.6 is 0 Å². The Hall–Kier alpha value is -1.30.